The van der Waals surface area contributed by atoms with Crippen molar-refractivity contribution in [1.82, 2.24) is 0 Å². The smallest absolute Gasteiger partial charge is 0.155 e. The molecule has 0 N–H and O–H groups in total. The van der Waals surface area contributed by atoms with E-state index in [1.165, 1.54) is 0 Å². The normalized spacial score (nSPS) is 33.0. The Morgan fingerprint density at radius 2 is 2.09 bits per heavy atom. The fraction of sp³-hybridized carbons (Fsp3) is 1.00. The van der Waals surface area contributed by atoms with E-state index in [-0.39, 0.29) is 14.4 Å². The van der Waals surface area contributed by atoms with Gasteiger partial charge in [-0.2, -0.15) is 0 Å². The third kappa shape index (κ3) is 2.14. The van der Waals surface area contributed by atoms with Gasteiger partial charge in [0.15, 0.2) is 9.03 Å². The summed E-state index contributed by atoms with van der Waals surface area (Å²) < 4.78 is 10.8. The van der Waals surface area contributed by atoms with E-state index < -0.39 is 0 Å². The molecule has 0 amide bonds. The van der Waals surface area contributed by atoms with Crippen molar-refractivity contribution in [3.63, 3.8) is 0 Å². The van der Waals surface area contributed by atoms with Gasteiger partial charge in [-0.05, 0) is 5.92 Å². The van der Waals surface area contributed by atoms with Gasteiger partial charge in [-0.1, -0.05) is 27.7 Å². The van der Waals surface area contributed by atoms with Gasteiger partial charge in [0.05, 0.1) is 12.7 Å². The Bertz CT molecular complexity index is 134. The first-order valence-electron chi connectivity index (χ1n) is 4.06. The van der Waals surface area contributed by atoms with Crippen molar-refractivity contribution in [3.8, 4) is 0 Å². The lowest BCUT2D eigenvalue weighted by molar-refractivity contribution is -0.0267. The highest BCUT2D eigenvalue weighted by Crippen LogP contribution is 2.40. The summed E-state index contributed by atoms with van der Waals surface area (Å²) in [4.78, 5) is 0. The summed E-state index contributed by atoms with van der Waals surface area (Å²) in [7, 11) is 0.242. The second-order valence-electron chi connectivity index (χ2n) is 4.14. The van der Waals surface area contributed by atoms with Crippen LogP contribution in [0.2, 0.25) is 0 Å². The van der Waals surface area contributed by atoms with E-state index in [1.54, 1.807) is 0 Å². The lowest BCUT2D eigenvalue weighted by Gasteiger charge is -2.39. The van der Waals surface area contributed by atoms with E-state index >= 15 is 0 Å². The third-order valence-corrected chi connectivity index (χ3v) is 2.67. The fourth-order valence-electron chi connectivity index (χ4n) is 1.58. The topological polar surface area (TPSA) is 18.5 Å². The summed E-state index contributed by atoms with van der Waals surface area (Å²) in [6.45, 7) is 9.61. The highest BCUT2D eigenvalue weighted by molar-refractivity contribution is 7.26. The molecule has 2 unspecified atom stereocenters. The Hall–Kier alpha value is 0.350. The quantitative estimate of drug-likeness (QED) is 0.572. The molecule has 0 spiro atoms. The molecular formula is C8H17O2P. The van der Waals surface area contributed by atoms with E-state index in [1.807, 2.05) is 0 Å². The van der Waals surface area contributed by atoms with Crippen LogP contribution in [0.15, 0.2) is 0 Å². The Kier molecular flexibility index (Phi) is 2.90. The molecule has 1 rings (SSSR count). The van der Waals surface area contributed by atoms with Gasteiger partial charge in [0.1, 0.15) is 0 Å². The number of hydrogen-bond acceptors (Lipinski definition) is 2. The molecule has 3 heteroatoms. The first kappa shape index (κ1) is 9.44. The van der Waals surface area contributed by atoms with Crippen LogP contribution < -0.4 is 0 Å². The second-order valence-corrected chi connectivity index (χ2v) is 4.83. The van der Waals surface area contributed by atoms with Gasteiger partial charge in [-0.3, -0.25) is 0 Å². The molecule has 1 aliphatic rings. The second kappa shape index (κ2) is 3.38. The SMILES string of the molecule is CC(C)C1OPOCC1(C)C. The summed E-state index contributed by atoms with van der Waals surface area (Å²) in [5.74, 6) is 0.585. The Labute approximate surface area is 70.6 Å². The molecule has 0 aromatic heterocycles. The lowest BCUT2D eigenvalue weighted by Crippen LogP contribution is -2.40. The molecule has 0 aliphatic carbocycles. The lowest BCUT2D eigenvalue weighted by atomic mass is 9.81. The highest BCUT2D eigenvalue weighted by Gasteiger charge is 2.36. The molecule has 0 bridgehead atoms. The van der Waals surface area contributed by atoms with E-state index in [0.717, 1.165) is 6.61 Å². The molecule has 0 aromatic carbocycles. The molecule has 1 saturated heterocycles. The molecule has 2 atom stereocenters. The Balaban J connectivity index is 2.60. The van der Waals surface area contributed by atoms with Crippen molar-refractivity contribution < 1.29 is 9.05 Å². The van der Waals surface area contributed by atoms with Crippen molar-refractivity contribution in [1.29, 1.82) is 0 Å². The molecule has 1 aliphatic heterocycles. The summed E-state index contributed by atoms with van der Waals surface area (Å²) in [5, 5.41) is 0. The Morgan fingerprint density at radius 3 is 2.45 bits per heavy atom. The summed E-state index contributed by atoms with van der Waals surface area (Å²) >= 11 is 0. The zero-order chi connectivity index (χ0) is 8.48. The maximum Gasteiger partial charge on any atom is 0.155 e. The summed E-state index contributed by atoms with van der Waals surface area (Å²) in [5.41, 5.74) is 0.180. The first-order chi connectivity index (χ1) is 5.04. The van der Waals surface area contributed by atoms with Crippen LogP contribution in [0.3, 0.4) is 0 Å². The van der Waals surface area contributed by atoms with Crippen molar-refractivity contribution in [2.24, 2.45) is 11.3 Å². The van der Waals surface area contributed by atoms with Gasteiger partial charge in [0, 0.05) is 5.41 Å². The van der Waals surface area contributed by atoms with Crippen LogP contribution >= 0.6 is 9.03 Å². The van der Waals surface area contributed by atoms with E-state index in [0.29, 0.717) is 12.0 Å². The average molecular weight is 176 g/mol. The van der Waals surface area contributed by atoms with Crippen LogP contribution in [0.25, 0.3) is 0 Å². The summed E-state index contributed by atoms with van der Waals surface area (Å²) in [6, 6.07) is 0. The highest BCUT2D eigenvalue weighted by atomic mass is 31.1. The molecule has 0 radical (unpaired) electrons. The Morgan fingerprint density at radius 1 is 1.45 bits per heavy atom. The molecule has 1 heterocycles. The monoisotopic (exact) mass is 176 g/mol. The van der Waals surface area contributed by atoms with Gasteiger partial charge in [-0.15, -0.1) is 0 Å². The maximum absolute atomic E-state index is 5.56. The molecule has 0 saturated carbocycles. The predicted molar refractivity (Wildman–Crippen MR) is 47.8 cm³/mol. The van der Waals surface area contributed by atoms with E-state index in [9.17, 15) is 0 Å². The van der Waals surface area contributed by atoms with Gasteiger partial charge in [0.25, 0.3) is 0 Å². The number of rotatable bonds is 1. The number of hydrogen-bond donors (Lipinski definition) is 0. The van der Waals surface area contributed by atoms with Gasteiger partial charge >= 0.3 is 0 Å². The minimum atomic E-state index is 0.180. The van der Waals surface area contributed by atoms with Crippen LogP contribution in [-0.2, 0) is 9.05 Å². The van der Waals surface area contributed by atoms with Gasteiger partial charge in [-0.25, -0.2) is 0 Å². The van der Waals surface area contributed by atoms with E-state index in [2.05, 4.69) is 27.7 Å². The fourth-order valence-corrected chi connectivity index (χ4v) is 2.78. The summed E-state index contributed by atoms with van der Waals surface area (Å²) in [6.07, 6.45) is 0.356. The molecule has 11 heavy (non-hydrogen) atoms. The van der Waals surface area contributed by atoms with Crippen molar-refractivity contribution in [2.45, 2.75) is 33.8 Å². The van der Waals surface area contributed by atoms with Gasteiger partial charge in [0.2, 0.25) is 0 Å². The standard InChI is InChI=1S/C8H17O2P/c1-6(2)7-8(3,4)5-9-11-10-7/h6-7,11H,5H2,1-4H3. The minimum Gasteiger partial charge on any atom is -0.336 e. The molecule has 1 fully saturated rings. The molecule has 2 nitrogen and oxygen atoms in total. The van der Waals surface area contributed by atoms with E-state index in [4.69, 9.17) is 9.05 Å². The maximum atomic E-state index is 5.56. The molecular weight excluding hydrogens is 159 g/mol. The zero-order valence-electron chi connectivity index (χ0n) is 7.68. The van der Waals surface area contributed by atoms with Crippen LogP contribution in [-0.4, -0.2) is 12.7 Å². The molecule has 66 valence electrons. The van der Waals surface area contributed by atoms with Crippen molar-refractivity contribution >= 4 is 9.03 Å². The van der Waals surface area contributed by atoms with Crippen molar-refractivity contribution in [2.75, 3.05) is 6.61 Å². The van der Waals surface area contributed by atoms with Crippen LogP contribution in [0.4, 0.5) is 0 Å². The average Bonchev–Trinajstić information content (AvgIpc) is 1.85. The van der Waals surface area contributed by atoms with Gasteiger partial charge < -0.3 is 9.05 Å². The largest absolute Gasteiger partial charge is 0.336 e. The van der Waals surface area contributed by atoms with Crippen LogP contribution in [0, 0.1) is 11.3 Å². The third-order valence-electron chi connectivity index (χ3n) is 2.05. The van der Waals surface area contributed by atoms with Crippen LogP contribution in [0.5, 0.6) is 0 Å². The van der Waals surface area contributed by atoms with Crippen molar-refractivity contribution in [3.05, 3.63) is 0 Å². The van der Waals surface area contributed by atoms with Crippen LogP contribution in [0.1, 0.15) is 27.7 Å². The predicted octanol–water partition coefficient (Wildman–Crippen LogP) is 2.59. The first-order valence-corrected chi connectivity index (χ1v) is 4.88. The molecule has 0 aromatic rings. The minimum absolute atomic E-state index is 0.180. The zero-order valence-corrected chi connectivity index (χ0v) is 8.68.